The summed E-state index contributed by atoms with van der Waals surface area (Å²) < 4.78 is 0. The Bertz CT molecular complexity index is 335. The van der Waals surface area contributed by atoms with Crippen LogP contribution in [-0.4, -0.2) is 4.98 Å². The van der Waals surface area contributed by atoms with Gasteiger partial charge in [0.1, 0.15) is 0 Å². The van der Waals surface area contributed by atoms with Crippen LogP contribution >= 0.6 is 11.6 Å². The van der Waals surface area contributed by atoms with E-state index >= 15 is 0 Å². The van der Waals surface area contributed by atoms with Gasteiger partial charge in [0.15, 0.2) is 0 Å². The van der Waals surface area contributed by atoms with Crippen LogP contribution in [0.1, 0.15) is 31.4 Å². The molecular weight excluding hydrogens is 188 g/mol. The number of hydrogen-bond donors (Lipinski definition) is 2. The largest absolute Gasteiger partial charge is 0.327 e. The standard InChI is InChI=1S/C9H13ClN2O/c1-2-3-8(11)7-4-6(10)5-12-9(7)13/h4-5,8H,2-3,11H2,1H3,(H,12,13). The number of hydrogen-bond acceptors (Lipinski definition) is 2. The van der Waals surface area contributed by atoms with Crippen molar-refractivity contribution in [3.05, 3.63) is 33.2 Å². The van der Waals surface area contributed by atoms with Gasteiger partial charge < -0.3 is 10.7 Å². The lowest BCUT2D eigenvalue weighted by atomic mass is 10.1. The van der Waals surface area contributed by atoms with E-state index in [1.165, 1.54) is 6.20 Å². The van der Waals surface area contributed by atoms with Crippen LogP contribution in [0.5, 0.6) is 0 Å². The highest BCUT2D eigenvalue weighted by atomic mass is 35.5. The summed E-state index contributed by atoms with van der Waals surface area (Å²) in [4.78, 5) is 13.8. The lowest BCUT2D eigenvalue weighted by Crippen LogP contribution is -2.21. The predicted molar refractivity (Wildman–Crippen MR) is 53.9 cm³/mol. The van der Waals surface area contributed by atoms with Crippen molar-refractivity contribution in [1.82, 2.24) is 4.98 Å². The van der Waals surface area contributed by atoms with E-state index in [2.05, 4.69) is 4.98 Å². The van der Waals surface area contributed by atoms with E-state index in [1.54, 1.807) is 6.07 Å². The second kappa shape index (κ2) is 4.44. The maximum absolute atomic E-state index is 11.3. The summed E-state index contributed by atoms with van der Waals surface area (Å²) in [5, 5.41) is 0.515. The third kappa shape index (κ3) is 2.57. The molecule has 72 valence electrons. The van der Waals surface area contributed by atoms with Crippen molar-refractivity contribution in [3.8, 4) is 0 Å². The Hall–Kier alpha value is -0.800. The molecule has 1 atom stereocenters. The van der Waals surface area contributed by atoms with Crippen LogP contribution in [0.3, 0.4) is 0 Å². The molecule has 1 aromatic heterocycles. The molecule has 0 amide bonds. The molecule has 1 heterocycles. The van der Waals surface area contributed by atoms with Crippen molar-refractivity contribution in [1.29, 1.82) is 0 Å². The van der Waals surface area contributed by atoms with Crippen LogP contribution in [0.4, 0.5) is 0 Å². The minimum Gasteiger partial charge on any atom is -0.327 e. The van der Waals surface area contributed by atoms with Crippen molar-refractivity contribution in [2.45, 2.75) is 25.8 Å². The Labute approximate surface area is 81.9 Å². The molecule has 0 saturated heterocycles. The molecule has 0 fully saturated rings. The molecule has 0 radical (unpaired) electrons. The topological polar surface area (TPSA) is 58.9 Å². The van der Waals surface area contributed by atoms with Crippen molar-refractivity contribution in [2.24, 2.45) is 5.73 Å². The Morgan fingerprint density at radius 2 is 2.38 bits per heavy atom. The second-order valence-corrected chi connectivity index (χ2v) is 3.43. The maximum Gasteiger partial charge on any atom is 0.252 e. The number of pyridine rings is 1. The van der Waals surface area contributed by atoms with Crippen LogP contribution in [-0.2, 0) is 0 Å². The van der Waals surface area contributed by atoms with E-state index < -0.39 is 0 Å². The molecule has 0 aromatic carbocycles. The average molecular weight is 201 g/mol. The summed E-state index contributed by atoms with van der Waals surface area (Å²) >= 11 is 5.74. The fraction of sp³-hybridized carbons (Fsp3) is 0.444. The SMILES string of the molecule is CCCC(N)c1cc(Cl)c[nH]c1=O. The summed E-state index contributed by atoms with van der Waals surface area (Å²) in [5.41, 5.74) is 6.21. The van der Waals surface area contributed by atoms with Crippen LogP contribution in [0.2, 0.25) is 5.02 Å². The molecule has 4 heteroatoms. The van der Waals surface area contributed by atoms with Gasteiger partial charge in [-0.1, -0.05) is 24.9 Å². The number of rotatable bonds is 3. The monoisotopic (exact) mass is 200 g/mol. The van der Waals surface area contributed by atoms with Crippen molar-refractivity contribution in [2.75, 3.05) is 0 Å². The Kier molecular flexibility index (Phi) is 3.51. The number of H-pyrrole nitrogens is 1. The molecule has 3 nitrogen and oxygen atoms in total. The molecule has 0 bridgehead atoms. The first-order valence-electron chi connectivity index (χ1n) is 4.29. The highest BCUT2D eigenvalue weighted by Crippen LogP contribution is 2.14. The van der Waals surface area contributed by atoms with Gasteiger partial charge >= 0.3 is 0 Å². The van der Waals surface area contributed by atoms with Gasteiger partial charge in [-0.25, -0.2) is 0 Å². The summed E-state index contributed by atoms with van der Waals surface area (Å²) in [5.74, 6) is 0. The highest BCUT2D eigenvalue weighted by molar-refractivity contribution is 6.30. The van der Waals surface area contributed by atoms with Gasteiger partial charge in [0, 0.05) is 17.8 Å². The van der Waals surface area contributed by atoms with Crippen molar-refractivity contribution in [3.63, 3.8) is 0 Å². The Balaban J connectivity index is 2.99. The molecule has 1 rings (SSSR count). The predicted octanol–water partition coefficient (Wildman–Crippen LogP) is 1.83. The molecule has 1 aromatic rings. The molecule has 0 spiro atoms. The summed E-state index contributed by atoms with van der Waals surface area (Å²) in [6.45, 7) is 2.03. The van der Waals surface area contributed by atoms with Gasteiger partial charge in [0.2, 0.25) is 0 Å². The first-order chi connectivity index (χ1) is 6.15. The Morgan fingerprint density at radius 1 is 1.69 bits per heavy atom. The number of halogens is 1. The van der Waals surface area contributed by atoms with Gasteiger partial charge in [-0.3, -0.25) is 4.79 Å². The summed E-state index contributed by atoms with van der Waals surface area (Å²) in [6.07, 6.45) is 3.21. The number of nitrogens with two attached hydrogens (primary N) is 1. The minimum absolute atomic E-state index is 0.148. The molecule has 0 aliphatic heterocycles. The van der Waals surface area contributed by atoms with E-state index in [9.17, 15) is 4.79 Å². The lowest BCUT2D eigenvalue weighted by molar-refractivity contribution is 0.631. The zero-order valence-electron chi connectivity index (χ0n) is 7.51. The average Bonchev–Trinajstić information content (AvgIpc) is 2.09. The normalized spacial score (nSPS) is 12.8. The first-order valence-corrected chi connectivity index (χ1v) is 4.66. The summed E-state index contributed by atoms with van der Waals surface area (Å²) in [6, 6.07) is 1.41. The quantitative estimate of drug-likeness (QED) is 0.782. The third-order valence-electron chi connectivity index (χ3n) is 1.90. The number of nitrogens with one attached hydrogen (secondary N) is 1. The van der Waals surface area contributed by atoms with E-state index in [-0.39, 0.29) is 11.6 Å². The molecule has 0 saturated carbocycles. The highest BCUT2D eigenvalue weighted by Gasteiger charge is 2.09. The molecule has 3 N–H and O–H groups in total. The zero-order chi connectivity index (χ0) is 9.84. The molecule has 0 aliphatic rings. The third-order valence-corrected chi connectivity index (χ3v) is 2.11. The van der Waals surface area contributed by atoms with Crippen molar-refractivity contribution >= 4 is 11.6 Å². The fourth-order valence-electron chi connectivity index (χ4n) is 1.22. The maximum atomic E-state index is 11.3. The molecule has 0 aliphatic carbocycles. The van der Waals surface area contributed by atoms with E-state index in [4.69, 9.17) is 17.3 Å². The smallest absolute Gasteiger partial charge is 0.252 e. The Morgan fingerprint density at radius 3 is 3.00 bits per heavy atom. The van der Waals surface area contributed by atoms with Crippen LogP contribution in [0.15, 0.2) is 17.1 Å². The number of aromatic amines is 1. The second-order valence-electron chi connectivity index (χ2n) is 3.00. The first kappa shape index (κ1) is 10.3. The van der Waals surface area contributed by atoms with Gasteiger partial charge in [0.05, 0.1) is 5.02 Å². The zero-order valence-corrected chi connectivity index (χ0v) is 8.27. The molecule has 13 heavy (non-hydrogen) atoms. The molecule has 1 unspecified atom stereocenters. The minimum atomic E-state index is -0.215. The van der Waals surface area contributed by atoms with E-state index in [1.807, 2.05) is 6.92 Å². The fourth-order valence-corrected chi connectivity index (χ4v) is 1.39. The number of aromatic nitrogens is 1. The van der Waals surface area contributed by atoms with Gasteiger partial charge in [0.25, 0.3) is 5.56 Å². The van der Waals surface area contributed by atoms with E-state index in [0.717, 1.165) is 12.8 Å². The van der Waals surface area contributed by atoms with Gasteiger partial charge in [-0.15, -0.1) is 0 Å². The van der Waals surface area contributed by atoms with Crippen LogP contribution in [0.25, 0.3) is 0 Å². The summed E-state index contributed by atoms with van der Waals surface area (Å²) in [7, 11) is 0. The van der Waals surface area contributed by atoms with Gasteiger partial charge in [-0.05, 0) is 12.5 Å². The van der Waals surface area contributed by atoms with Crippen LogP contribution < -0.4 is 11.3 Å². The van der Waals surface area contributed by atoms with Crippen molar-refractivity contribution < 1.29 is 0 Å². The molecular formula is C9H13ClN2O. The van der Waals surface area contributed by atoms with E-state index in [0.29, 0.717) is 10.6 Å². The lowest BCUT2D eigenvalue weighted by Gasteiger charge is -2.08. The van der Waals surface area contributed by atoms with Crippen LogP contribution in [0, 0.1) is 0 Å². The van der Waals surface area contributed by atoms with Gasteiger partial charge in [-0.2, -0.15) is 0 Å².